The van der Waals surface area contributed by atoms with Gasteiger partial charge in [-0.15, -0.1) is 0 Å². The average molecular weight is 675 g/mol. The Morgan fingerprint density at radius 2 is 0.943 bits per heavy atom. The molecule has 11 rings (SSSR count). The van der Waals surface area contributed by atoms with E-state index in [-0.39, 0.29) is 0 Å². The van der Waals surface area contributed by atoms with E-state index in [4.69, 9.17) is 4.98 Å². The Hall–Kier alpha value is -6.77. The lowest BCUT2D eigenvalue weighted by Gasteiger charge is -2.16. The highest BCUT2D eigenvalue weighted by Gasteiger charge is 2.17. The second-order valence-electron chi connectivity index (χ2n) is 14.1. The number of nitrogens with zero attached hydrogens (tertiary/aromatic N) is 2. The molecule has 0 fully saturated rings. The Kier molecular flexibility index (Phi) is 6.56. The number of fused-ring (bicyclic) bond motifs is 7. The second kappa shape index (κ2) is 11.6. The minimum absolute atomic E-state index is 0.861. The Morgan fingerprint density at radius 3 is 1.68 bits per heavy atom. The molecule has 0 saturated carbocycles. The third-order valence-electron chi connectivity index (χ3n) is 11.3. The minimum Gasteiger partial charge on any atom is -0.324 e. The molecular weight excluding hydrogens is 641 g/mol. The highest BCUT2D eigenvalue weighted by Crippen LogP contribution is 2.43. The second-order valence-corrected chi connectivity index (χ2v) is 14.1. The number of rotatable bonds is 4. The van der Waals surface area contributed by atoms with E-state index in [0.29, 0.717) is 0 Å². The van der Waals surface area contributed by atoms with Crippen LogP contribution >= 0.6 is 0 Å². The van der Waals surface area contributed by atoms with Crippen LogP contribution in [-0.4, -0.2) is 9.55 Å². The summed E-state index contributed by atoms with van der Waals surface area (Å²) in [7, 11) is 0. The number of para-hydroxylation sites is 2. The maximum absolute atomic E-state index is 5.11. The van der Waals surface area contributed by atoms with Gasteiger partial charge in [0.1, 0.15) is 5.82 Å². The number of imidazole rings is 1. The van der Waals surface area contributed by atoms with Crippen molar-refractivity contribution in [1.82, 2.24) is 9.55 Å². The Bertz CT molecular complexity index is 3260. The molecule has 0 radical (unpaired) electrons. The number of aromatic nitrogens is 2. The van der Waals surface area contributed by atoms with Gasteiger partial charge >= 0.3 is 0 Å². The fourth-order valence-electron chi connectivity index (χ4n) is 8.94. The van der Waals surface area contributed by atoms with Crippen molar-refractivity contribution >= 4 is 75.7 Å². The van der Waals surface area contributed by atoms with E-state index in [1.807, 2.05) is 0 Å². The van der Waals surface area contributed by atoms with E-state index in [1.54, 1.807) is 0 Å². The topological polar surface area (TPSA) is 17.8 Å². The minimum atomic E-state index is 0.861. The molecule has 1 aromatic heterocycles. The van der Waals surface area contributed by atoms with Gasteiger partial charge in [0.2, 0.25) is 0 Å². The maximum Gasteiger partial charge on any atom is 0.141 e. The molecule has 0 bridgehead atoms. The van der Waals surface area contributed by atoms with Crippen molar-refractivity contribution in [3.05, 3.63) is 176 Å². The van der Waals surface area contributed by atoms with Crippen molar-refractivity contribution in [2.75, 3.05) is 0 Å². The standard InChI is InChI=1S/C51H34N2/c1-2-53-48-21-10-9-20-47(48)52-51(53)45-29-28-37(38-13-3-7-17-42(38)45)33-24-22-32(23-25-33)36-30-35-27-26-34-12-11-19-44-41-16-6-4-14-39(41)40-15-5-8-18-43(40)46(31-36)50(35)49(34)44/h3-31H,2H2,1H3. The molecule has 248 valence electrons. The quantitative estimate of drug-likeness (QED) is 0.170. The first-order chi connectivity index (χ1) is 26.2. The van der Waals surface area contributed by atoms with Crippen molar-refractivity contribution in [1.29, 1.82) is 0 Å². The van der Waals surface area contributed by atoms with E-state index in [2.05, 4.69) is 187 Å². The Labute approximate surface area is 307 Å². The largest absolute Gasteiger partial charge is 0.324 e. The summed E-state index contributed by atoms with van der Waals surface area (Å²) in [4.78, 5) is 5.11. The van der Waals surface area contributed by atoms with Crippen LogP contribution in [0.1, 0.15) is 6.92 Å². The molecule has 0 spiro atoms. The predicted molar refractivity (Wildman–Crippen MR) is 227 cm³/mol. The normalized spacial score (nSPS) is 11.9. The monoisotopic (exact) mass is 674 g/mol. The van der Waals surface area contributed by atoms with Crippen LogP contribution in [0, 0.1) is 0 Å². The predicted octanol–water partition coefficient (Wildman–Crippen LogP) is 14.0. The van der Waals surface area contributed by atoms with E-state index in [1.165, 1.54) is 92.4 Å². The lowest BCUT2D eigenvalue weighted by molar-refractivity contribution is 0.797. The van der Waals surface area contributed by atoms with Crippen LogP contribution in [0.2, 0.25) is 0 Å². The lowest BCUT2D eigenvalue weighted by atomic mass is 9.88. The first-order valence-electron chi connectivity index (χ1n) is 18.5. The molecule has 0 amide bonds. The number of hydrogen-bond acceptors (Lipinski definition) is 1. The third kappa shape index (κ3) is 4.49. The van der Waals surface area contributed by atoms with Crippen LogP contribution in [0.15, 0.2) is 176 Å². The van der Waals surface area contributed by atoms with Gasteiger partial charge in [-0.2, -0.15) is 0 Å². The fourth-order valence-corrected chi connectivity index (χ4v) is 8.94. The molecule has 0 atom stereocenters. The Balaban J connectivity index is 1.09. The van der Waals surface area contributed by atoms with Crippen LogP contribution in [0.5, 0.6) is 0 Å². The summed E-state index contributed by atoms with van der Waals surface area (Å²) in [5, 5.41) is 15.3. The zero-order valence-electron chi connectivity index (χ0n) is 29.3. The summed E-state index contributed by atoms with van der Waals surface area (Å²) in [5.74, 6) is 1.02. The van der Waals surface area contributed by atoms with E-state index >= 15 is 0 Å². The van der Waals surface area contributed by atoms with Gasteiger partial charge in [0.05, 0.1) is 11.0 Å². The Morgan fingerprint density at radius 1 is 0.396 bits per heavy atom. The van der Waals surface area contributed by atoms with Crippen molar-refractivity contribution in [3.8, 4) is 33.6 Å². The number of benzene rings is 9. The van der Waals surface area contributed by atoms with Gasteiger partial charge in [0.25, 0.3) is 0 Å². The zero-order chi connectivity index (χ0) is 35.0. The molecule has 1 heterocycles. The third-order valence-corrected chi connectivity index (χ3v) is 11.3. The molecule has 2 heteroatoms. The van der Waals surface area contributed by atoms with Crippen LogP contribution in [-0.2, 0) is 6.54 Å². The van der Waals surface area contributed by atoms with Crippen LogP contribution in [0.4, 0.5) is 0 Å². The van der Waals surface area contributed by atoms with E-state index < -0.39 is 0 Å². The molecule has 0 unspecified atom stereocenters. The van der Waals surface area contributed by atoms with Crippen LogP contribution < -0.4 is 0 Å². The van der Waals surface area contributed by atoms with Gasteiger partial charge in [-0.05, 0) is 124 Å². The zero-order valence-corrected chi connectivity index (χ0v) is 29.3. The number of aryl methyl sites for hydroxylation is 1. The number of hydrogen-bond donors (Lipinski definition) is 0. The molecule has 11 aromatic rings. The van der Waals surface area contributed by atoms with Crippen molar-refractivity contribution in [2.24, 2.45) is 0 Å². The molecule has 0 aliphatic rings. The molecule has 0 N–H and O–H groups in total. The highest BCUT2D eigenvalue weighted by atomic mass is 15.1. The van der Waals surface area contributed by atoms with E-state index in [0.717, 1.165) is 23.4 Å². The van der Waals surface area contributed by atoms with Gasteiger partial charge in [0.15, 0.2) is 0 Å². The lowest BCUT2D eigenvalue weighted by Crippen LogP contribution is -1.98. The first kappa shape index (κ1) is 29.9. The molecule has 10 aromatic carbocycles. The van der Waals surface area contributed by atoms with Crippen molar-refractivity contribution in [3.63, 3.8) is 0 Å². The summed E-state index contributed by atoms with van der Waals surface area (Å²) in [6.07, 6.45) is 0. The van der Waals surface area contributed by atoms with Gasteiger partial charge in [-0.1, -0.05) is 146 Å². The van der Waals surface area contributed by atoms with Gasteiger partial charge < -0.3 is 4.57 Å². The van der Waals surface area contributed by atoms with Gasteiger partial charge in [0, 0.05) is 12.1 Å². The summed E-state index contributed by atoms with van der Waals surface area (Å²) in [5.41, 5.74) is 8.22. The summed E-state index contributed by atoms with van der Waals surface area (Å²) in [6, 6.07) is 64.8. The molecule has 0 aliphatic heterocycles. The summed E-state index contributed by atoms with van der Waals surface area (Å²) >= 11 is 0. The van der Waals surface area contributed by atoms with Gasteiger partial charge in [-0.25, -0.2) is 4.98 Å². The van der Waals surface area contributed by atoms with Crippen molar-refractivity contribution < 1.29 is 0 Å². The summed E-state index contributed by atoms with van der Waals surface area (Å²) in [6.45, 7) is 3.06. The maximum atomic E-state index is 5.11. The van der Waals surface area contributed by atoms with Crippen LogP contribution in [0.25, 0.3) is 109 Å². The van der Waals surface area contributed by atoms with E-state index in [9.17, 15) is 0 Å². The van der Waals surface area contributed by atoms with Crippen molar-refractivity contribution in [2.45, 2.75) is 13.5 Å². The first-order valence-corrected chi connectivity index (χ1v) is 18.5. The SMILES string of the molecule is CCn1c(-c2ccc(-c3ccc(-c4cc5ccc6cccc7c8ccccc8c8ccccc8c(c4)c5c67)cc3)c3ccccc23)nc2ccccc21. The summed E-state index contributed by atoms with van der Waals surface area (Å²) < 4.78 is 2.33. The molecule has 2 nitrogen and oxygen atoms in total. The average Bonchev–Trinajstić information content (AvgIpc) is 3.60. The fraction of sp³-hybridized carbons (Fsp3) is 0.0392. The molecule has 53 heavy (non-hydrogen) atoms. The molecular formula is C51H34N2. The van der Waals surface area contributed by atoms with Gasteiger partial charge in [-0.3, -0.25) is 0 Å². The smallest absolute Gasteiger partial charge is 0.141 e. The highest BCUT2D eigenvalue weighted by molar-refractivity contribution is 6.33. The molecule has 0 saturated heterocycles. The van der Waals surface area contributed by atoms with Crippen LogP contribution in [0.3, 0.4) is 0 Å². The molecule has 0 aliphatic carbocycles.